The van der Waals surface area contributed by atoms with Crippen LogP contribution in [0, 0.1) is 0 Å². The molecule has 0 fully saturated rings. The maximum Gasteiger partial charge on any atom is 0.133 e. The van der Waals surface area contributed by atoms with Crippen molar-refractivity contribution in [2.75, 3.05) is 27.4 Å². The Kier molecular flexibility index (Phi) is 7.38. The minimum atomic E-state index is 0.144. The Morgan fingerprint density at radius 1 is 1.37 bits per heavy atom. The third kappa shape index (κ3) is 5.10. The molecule has 1 aromatic carbocycles. The van der Waals surface area contributed by atoms with Crippen LogP contribution in [-0.2, 0) is 4.74 Å². The van der Waals surface area contributed by atoms with Gasteiger partial charge in [0.05, 0.1) is 18.2 Å². The van der Waals surface area contributed by atoms with Gasteiger partial charge in [0, 0.05) is 25.8 Å². The van der Waals surface area contributed by atoms with Gasteiger partial charge in [-0.15, -0.1) is 0 Å². The lowest BCUT2D eigenvalue weighted by molar-refractivity contribution is 0.143. The van der Waals surface area contributed by atoms with E-state index in [-0.39, 0.29) is 18.7 Å². The second-order valence-corrected chi connectivity index (χ2v) is 5.30. The van der Waals surface area contributed by atoms with Gasteiger partial charge >= 0.3 is 0 Å². The first-order valence-electron chi connectivity index (χ1n) is 6.31. The van der Waals surface area contributed by atoms with Crippen LogP contribution in [-0.4, -0.2) is 38.6 Å². The highest BCUT2D eigenvalue weighted by Gasteiger charge is 2.14. The van der Waals surface area contributed by atoms with Gasteiger partial charge in [0.2, 0.25) is 0 Å². The first kappa shape index (κ1) is 16.4. The van der Waals surface area contributed by atoms with Crippen molar-refractivity contribution < 1.29 is 14.6 Å². The molecule has 0 aliphatic heterocycles. The first-order chi connectivity index (χ1) is 9.12. The average Bonchev–Trinajstić information content (AvgIpc) is 2.39. The van der Waals surface area contributed by atoms with Gasteiger partial charge in [0.1, 0.15) is 5.75 Å². The topological polar surface area (TPSA) is 50.7 Å². The zero-order valence-corrected chi connectivity index (χ0v) is 13.2. The molecule has 5 heteroatoms. The number of aliphatic hydroxyl groups excluding tert-OH is 1. The van der Waals surface area contributed by atoms with Crippen LogP contribution < -0.4 is 10.1 Å². The van der Waals surface area contributed by atoms with E-state index in [0.717, 1.165) is 15.8 Å². The summed E-state index contributed by atoms with van der Waals surface area (Å²) >= 11 is 3.49. The minimum absolute atomic E-state index is 0.144. The van der Waals surface area contributed by atoms with Crippen LogP contribution in [0.1, 0.15) is 24.9 Å². The molecule has 0 amide bonds. The van der Waals surface area contributed by atoms with E-state index in [2.05, 4.69) is 28.2 Å². The van der Waals surface area contributed by atoms with Crippen molar-refractivity contribution in [1.29, 1.82) is 0 Å². The lowest BCUT2D eigenvalue weighted by Gasteiger charge is -2.23. The number of ether oxygens (including phenoxy) is 2. The number of nitrogens with one attached hydrogen (secondary N) is 1. The molecule has 0 heterocycles. The fraction of sp³-hybridized carbons (Fsp3) is 0.571. The third-order valence-electron chi connectivity index (χ3n) is 3.01. The van der Waals surface area contributed by atoms with E-state index >= 15 is 0 Å². The van der Waals surface area contributed by atoms with E-state index in [1.54, 1.807) is 14.2 Å². The van der Waals surface area contributed by atoms with Crippen molar-refractivity contribution in [3.05, 3.63) is 28.2 Å². The molecule has 0 bridgehead atoms. The predicted molar refractivity (Wildman–Crippen MR) is 79.6 cm³/mol. The Balaban J connectivity index is 2.70. The smallest absolute Gasteiger partial charge is 0.133 e. The van der Waals surface area contributed by atoms with E-state index in [4.69, 9.17) is 14.6 Å². The molecule has 0 saturated heterocycles. The van der Waals surface area contributed by atoms with Crippen molar-refractivity contribution in [2.45, 2.75) is 25.4 Å². The van der Waals surface area contributed by atoms with Crippen molar-refractivity contribution in [1.82, 2.24) is 5.32 Å². The lowest BCUT2D eigenvalue weighted by Crippen LogP contribution is -2.36. The molecule has 0 aliphatic carbocycles. The van der Waals surface area contributed by atoms with Gasteiger partial charge < -0.3 is 19.9 Å². The van der Waals surface area contributed by atoms with E-state index in [0.29, 0.717) is 13.0 Å². The van der Waals surface area contributed by atoms with Gasteiger partial charge in [0.25, 0.3) is 0 Å². The SMILES string of the molecule is COCC(CCO)NC(C)c1ccc(OC)c(Br)c1. The molecule has 19 heavy (non-hydrogen) atoms. The molecule has 0 aliphatic rings. The zero-order valence-electron chi connectivity index (χ0n) is 11.6. The molecular formula is C14H22BrNO3. The molecule has 2 unspecified atom stereocenters. The Labute approximate surface area is 123 Å². The summed E-state index contributed by atoms with van der Waals surface area (Å²) in [5.74, 6) is 0.819. The molecule has 108 valence electrons. The highest BCUT2D eigenvalue weighted by molar-refractivity contribution is 9.10. The molecule has 1 rings (SSSR count). The third-order valence-corrected chi connectivity index (χ3v) is 3.63. The van der Waals surface area contributed by atoms with Crippen molar-refractivity contribution in [2.24, 2.45) is 0 Å². The van der Waals surface area contributed by atoms with Crippen LogP contribution in [0.5, 0.6) is 5.75 Å². The lowest BCUT2D eigenvalue weighted by atomic mass is 10.1. The summed E-state index contributed by atoms with van der Waals surface area (Å²) in [6, 6.07) is 6.33. The van der Waals surface area contributed by atoms with Gasteiger partial charge in [-0.05, 0) is 47.0 Å². The van der Waals surface area contributed by atoms with Crippen molar-refractivity contribution in [3.63, 3.8) is 0 Å². The second kappa shape index (κ2) is 8.53. The molecule has 1 aromatic rings. The molecule has 2 N–H and O–H groups in total. The number of rotatable bonds is 8. The summed E-state index contributed by atoms with van der Waals surface area (Å²) in [6.07, 6.45) is 0.676. The Morgan fingerprint density at radius 2 is 2.11 bits per heavy atom. The Bertz CT molecular complexity index is 381. The van der Waals surface area contributed by atoms with Crippen molar-refractivity contribution in [3.8, 4) is 5.75 Å². The van der Waals surface area contributed by atoms with Gasteiger partial charge in [0.15, 0.2) is 0 Å². The quantitative estimate of drug-likeness (QED) is 0.768. The first-order valence-corrected chi connectivity index (χ1v) is 7.11. The van der Waals surface area contributed by atoms with Gasteiger partial charge in [-0.25, -0.2) is 0 Å². The zero-order chi connectivity index (χ0) is 14.3. The summed E-state index contributed by atoms with van der Waals surface area (Å²) in [7, 11) is 3.32. The largest absolute Gasteiger partial charge is 0.496 e. The van der Waals surface area contributed by atoms with E-state index < -0.39 is 0 Å². The van der Waals surface area contributed by atoms with Crippen molar-refractivity contribution >= 4 is 15.9 Å². The number of benzene rings is 1. The molecule has 4 nitrogen and oxygen atoms in total. The van der Waals surface area contributed by atoms with Gasteiger partial charge in [-0.2, -0.15) is 0 Å². The molecule has 0 aromatic heterocycles. The molecular weight excluding hydrogens is 310 g/mol. The van der Waals surface area contributed by atoms with E-state index in [9.17, 15) is 0 Å². The van der Waals surface area contributed by atoms with E-state index in [1.807, 2.05) is 18.2 Å². The van der Waals surface area contributed by atoms with Gasteiger partial charge in [-0.1, -0.05) is 6.07 Å². The fourth-order valence-electron chi connectivity index (χ4n) is 1.97. The highest BCUT2D eigenvalue weighted by atomic mass is 79.9. The maximum absolute atomic E-state index is 9.04. The number of halogens is 1. The maximum atomic E-state index is 9.04. The van der Waals surface area contributed by atoms with Crippen LogP contribution in [0.4, 0.5) is 0 Å². The average molecular weight is 332 g/mol. The summed E-state index contributed by atoms with van der Waals surface area (Å²) in [4.78, 5) is 0. The fourth-order valence-corrected chi connectivity index (χ4v) is 2.53. The molecule has 0 radical (unpaired) electrons. The molecule has 0 spiro atoms. The Hall–Kier alpha value is -0.620. The van der Waals surface area contributed by atoms with Crippen LogP contribution in [0.2, 0.25) is 0 Å². The number of aliphatic hydroxyl groups is 1. The molecule has 0 saturated carbocycles. The van der Waals surface area contributed by atoms with Crippen LogP contribution in [0.3, 0.4) is 0 Å². The number of hydrogen-bond acceptors (Lipinski definition) is 4. The molecule has 2 atom stereocenters. The minimum Gasteiger partial charge on any atom is -0.496 e. The highest BCUT2D eigenvalue weighted by Crippen LogP contribution is 2.28. The van der Waals surface area contributed by atoms with E-state index in [1.165, 1.54) is 0 Å². The standard InChI is InChI=1S/C14H22BrNO3/c1-10(16-12(6-7-17)9-18-2)11-4-5-14(19-3)13(15)8-11/h4-5,8,10,12,16-17H,6-7,9H2,1-3H3. The number of hydrogen-bond donors (Lipinski definition) is 2. The monoisotopic (exact) mass is 331 g/mol. The predicted octanol–water partition coefficient (Wildman–Crippen LogP) is 2.51. The van der Waals surface area contributed by atoms with Crippen LogP contribution in [0.15, 0.2) is 22.7 Å². The summed E-state index contributed by atoms with van der Waals surface area (Å²) in [5, 5.41) is 12.5. The van der Waals surface area contributed by atoms with Gasteiger partial charge in [-0.3, -0.25) is 0 Å². The summed E-state index contributed by atoms with van der Waals surface area (Å²) in [6.45, 7) is 2.83. The number of methoxy groups -OCH3 is 2. The van der Waals surface area contributed by atoms with Crippen LogP contribution in [0.25, 0.3) is 0 Å². The normalized spacial score (nSPS) is 14.2. The second-order valence-electron chi connectivity index (χ2n) is 4.45. The summed E-state index contributed by atoms with van der Waals surface area (Å²) in [5.41, 5.74) is 1.16. The van der Waals surface area contributed by atoms with Crippen LogP contribution >= 0.6 is 15.9 Å². The Morgan fingerprint density at radius 3 is 2.63 bits per heavy atom. The summed E-state index contributed by atoms with van der Waals surface area (Å²) < 4.78 is 11.3.